The van der Waals surface area contributed by atoms with Gasteiger partial charge in [-0.1, -0.05) is 26.8 Å². The minimum Gasteiger partial charge on any atom is -0.490 e. The van der Waals surface area contributed by atoms with Crippen LogP contribution in [0.4, 0.5) is 0 Å². The molecule has 0 amide bonds. The van der Waals surface area contributed by atoms with Crippen LogP contribution in [0.2, 0.25) is 0 Å². The second kappa shape index (κ2) is 8.05. The molecular formula is C21H25N3O3. The highest BCUT2D eigenvalue weighted by atomic mass is 16.5. The van der Waals surface area contributed by atoms with Crippen LogP contribution in [0.25, 0.3) is 0 Å². The molecular weight excluding hydrogens is 342 g/mol. The Morgan fingerprint density at radius 2 is 1.63 bits per heavy atom. The summed E-state index contributed by atoms with van der Waals surface area (Å²) < 4.78 is 17.0. The molecule has 1 atom stereocenters. The maximum Gasteiger partial charge on any atom is 0.205 e. The van der Waals surface area contributed by atoms with Crippen LogP contribution in [0.3, 0.4) is 0 Å². The lowest BCUT2D eigenvalue weighted by Crippen LogP contribution is -2.26. The first-order valence-corrected chi connectivity index (χ1v) is 8.90. The minimum atomic E-state index is -0.613. The fraction of sp³-hybridized carbons (Fsp3) is 0.429. The van der Waals surface area contributed by atoms with Gasteiger partial charge >= 0.3 is 0 Å². The monoisotopic (exact) mass is 367 g/mol. The van der Waals surface area contributed by atoms with Crippen molar-refractivity contribution in [3.8, 4) is 23.6 Å². The summed E-state index contributed by atoms with van der Waals surface area (Å²) in [5, 5.41) is 19.5. The maximum atomic E-state index is 9.85. The number of benzene rings is 1. The van der Waals surface area contributed by atoms with Crippen molar-refractivity contribution in [2.24, 2.45) is 11.1 Å². The Morgan fingerprint density at radius 3 is 2.15 bits per heavy atom. The molecule has 1 aliphatic rings. The molecule has 142 valence electrons. The van der Waals surface area contributed by atoms with Gasteiger partial charge in [0.15, 0.2) is 11.5 Å². The van der Waals surface area contributed by atoms with E-state index in [0.29, 0.717) is 36.0 Å². The molecule has 27 heavy (non-hydrogen) atoms. The van der Waals surface area contributed by atoms with E-state index >= 15 is 0 Å². The predicted octanol–water partition coefficient (Wildman–Crippen LogP) is 4.12. The third kappa shape index (κ3) is 4.01. The van der Waals surface area contributed by atoms with E-state index in [1.807, 2.05) is 40.7 Å². The summed E-state index contributed by atoms with van der Waals surface area (Å²) in [5.74, 6) is 1.06. The molecule has 0 bridgehead atoms. The summed E-state index contributed by atoms with van der Waals surface area (Å²) in [6, 6.07) is 9.74. The molecule has 0 spiro atoms. The Balaban J connectivity index is 2.69. The number of nitrogens with two attached hydrogens (primary N) is 1. The number of allylic oxidation sites excluding steroid dienone is 3. The van der Waals surface area contributed by atoms with E-state index in [1.165, 1.54) is 0 Å². The molecule has 2 N–H and O–H groups in total. The molecule has 0 saturated carbocycles. The van der Waals surface area contributed by atoms with Gasteiger partial charge in [0.2, 0.25) is 5.88 Å². The van der Waals surface area contributed by atoms with Crippen molar-refractivity contribution < 1.29 is 14.2 Å². The van der Waals surface area contributed by atoms with E-state index in [-0.39, 0.29) is 11.5 Å². The van der Waals surface area contributed by atoms with Crippen molar-refractivity contribution >= 4 is 0 Å². The summed E-state index contributed by atoms with van der Waals surface area (Å²) in [5.41, 5.74) is 6.90. The van der Waals surface area contributed by atoms with Crippen molar-refractivity contribution in [3.05, 3.63) is 46.6 Å². The van der Waals surface area contributed by atoms with E-state index in [1.54, 1.807) is 12.1 Å². The van der Waals surface area contributed by atoms with Crippen LogP contribution < -0.4 is 15.2 Å². The van der Waals surface area contributed by atoms with Crippen LogP contribution in [0.5, 0.6) is 11.5 Å². The zero-order valence-corrected chi connectivity index (χ0v) is 16.4. The average Bonchev–Trinajstić information content (AvgIpc) is 2.62. The van der Waals surface area contributed by atoms with E-state index in [0.717, 1.165) is 5.56 Å². The van der Waals surface area contributed by atoms with Gasteiger partial charge in [-0.05, 0) is 31.5 Å². The van der Waals surface area contributed by atoms with Crippen molar-refractivity contribution in [1.29, 1.82) is 10.5 Å². The summed E-state index contributed by atoms with van der Waals surface area (Å²) >= 11 is 0. The van der Waals surface area contributed by atoms with E-state index in [9.17, 15) is 10.5 Å². The fourth-order valence-electron chi connectivity index (χ4n) is 3.01. The molecule has 0 fully saturated rings. The Morgan fingerprint density at radius 1 is 1.04 bits per heavy atom. The predicted molar refractivity (Wildman–Crippen MR) is 102 cm³/mol. The highest BCUT2D eigenvalue weighted by Gasteiger charge is 2.37. The van der Waals surface area contributed by atoms with Crippen LogP contribution in [-0.4, -0.2) is 13.2 Å². The molecule has 0 saturated heterocycles. The van der Waals surface area contributed by atoms with Gasteiger partial charge in [-0.15, -0.1) is 0 Å². The van der Waals surface area contributed by atoms with E-state index in [4.69, 9.17) is 19.9 Å². The van der Waals surface area contributed by atoms with Crippen LogP contribution in [0.15, 0.2) is 41.0 Å². The van der Waals surface area contributed by atoms with Crippen LogP contribution in [-0.2, 0) is 4.74 Å². The number of hydrogen-bond acceptors (Lipinski definition) is 6. The molecule has 6 nitrogen and oxygen atoms in total. The quantitative estimate of drug-likeness (QED) is 0.840. The standard InChI is InChI=1S/C21H25N3O3/c1-6-25-16-9-8-13(10-17(16)26-7-2)18-14(11-22)19(21(3,4)5)27-20(24)15(18)12-23/h8-10,18H,6-7,24H2,1-5H3/t18-/m1/s1. The number of nitriles is 2. The number of ether oxygens (including phenoxy) is 3. The van der Waals surface area contributed by atoms with Crippen molar-refractivity contribution in [2.75, 3.05) is 13.2 Å². The van der Waals surface area contributed by atoms with Crippen LogP contribution in [0, 0.1) is 28.1 Å². The second-order valence-electron chi connectivity index (χ2n) is 7.10. The molecule has 1 aromatic rings. The van der Waals surface area contributed by atoms with Gasteiger partial charge in [0, 0.05) is 5.41 Å². The zero-order chi connectivity index (χ0) is 20.2. The largest absolute Gasteiger partial charge is 0.490 e. The van der Waals surface area contributed by atoms with Gasteiger partial charge in [0.25, 0.3) is 0 Å². The lowest BCUT2D eigenvalue weighted by Gasteiger charge is -2.32. The van der Waals surface area contributed by atoms with Crippen molar-refractivity contribution in [1.82, 2.24) is 0 Å². The van der Waals surface area contributed by atoms with Crippen molar-refractivity contribution in [2.45, 2.75) is 40.5 Å². The maximum absolute atomic E-state index is 9.85. The Hall–Kier alpha value is -3.12. The Kier molecular flexibility index (Phi) is 6.02. The van der Waals surface area contributed by atoms with E-state index < -0.39 is 11.3 Å². The molecule has 1 aliphatic heterocycles. The van der Waals surface area contributed by atoms with Gasteiger partial charge in [0.05, 0.1) is 30.8 Å². The SMILES string of the molecule is CCOc1ccc([C@H]2C(C#N)=C(N)OC(C(C)(C)C)=C2C#N)cc1OCC. The van der Waals surface area contributed by atoms with Gasteiger partial charge in [-0.25, -0.2) is 0 Å². The van der Waals surface area contributed by atoms with E-state index in [2.05, 4.69) is 12.1 Å². The smallest absolute Gasteiger partial charge is 0.205 e. The fourth-order valence-corrected chi connectivity index (χ4v) is 3.01. The first-order chi connectivity index (χ1) is 12.8. The van der Waals surface area contributed by atoms with Crippen LogP contribution in [0.1, 0.15) is 46.1 Å². The summed E-state index contributed by atoms with van der Waals surface area (Å²) in [4.78, 5) is 0. The topological polar surface area (TPSA) is 101 Å². The lowest BCUT2D eigenvalue weighted by molar-refractivity contribution is 0.199. The third-order valence-electron chi connectivity index (χ3n) is 4.12. The summed E-state index contributed by atoms with van der Waals surface area (Å²) in [6.07, 6.45) is 0. The molecule has 0 unspecified atom stereocenters. The van der Waals surface area contributed by atoms with Crippen LogP contribution >= 0.6 is 0 Å². The second-order valence-corrected chi connectivity index (χ2v) is 7.10. The van der Waals surface area contributed by atoms with Crippen molar-refractivity contribution in [3.63, 3.8) is 0 Å². The minimum absolute atomic E-state index is 0.0262. The number of rotatable bonds is 5. The number of nitrogens with zero attached hydrogens (tertiary/aromatic N) is 2. The molecule has 0 aliphatic carbocycles. The molecule has 0 aromatic heterocycles. The molecule has 2 rings (SSSR count). The molecule has 0 radical (unpaired) electrons. The molecule has 6 heteroatoms. The Bertz CT molecular complexity index is 864. The van der Waals surface area contributed by atoms with Gasteiger partial charge < -0.3 is 19.9 Å². The van der Waals surface area contributed by atoms with Gasteiger partial charge in [-0.2, -0.15) is 10.5 Å². The lowest BCUT2D eigenvalue weighted by atomic mass is 9.79. The summed E-state index contributed by atoms with van der Waals surface area (Å²) in [7, 11) is 0. The zero-order valence-electron chi connectivity index (χ0n) is 16.4. The third-order valence-corrected chi connectivity index (χ3v) is 4.12. The first kappa shape index (κ1) is 20.2. The highest BCUT2D eigenvalue weighted by Crippen LogP contribution is 2.45. The van der Waals surface area contributed by atoms with Gasteiger partial charge in [-0.3, -0.25) is 0 Å². The highest BCUT2D eigenvalue weighted by molar-refractivity contribution is 5.56. The van der Waals surface area contributed by atoms with Gasteiger partial charge in [0.1, 0.15) is 17.4 Å². The molecule has 1 aromatic carbocycles. The summed E-state index contributed by atoms with van der Waals surface area (Å²) in [6.45, 7) is 10.6. The first-order valence-electron chi connectivity index (χ1n) is 8.90. The normalized spacial score (nSPS) is 17.1. The number of hydrogen-bond donors (Lipinski definition) is 1. The molecule has 1 heterocycles. The Labute approximate surface area is 160 Å². The average molecular weight is 367 g/mol.